The van der Waals surface area contributed by atoms with Crippen molar-refractivity contribution in [2.24, 2.45) is 0 Å². The molecule has 0 N–H and O–H groups in total. The molecule has 1 heterocycles. The third kappa shape index (κ3) is 2.36. The Balaban J connectivity index is 2.08. The third-order valence-corrected chi connectivity index (χ3v) is 2.71. The molecule has 0 fully saturated rings. The van der Waals surface area contributed by atoms with E-state index in [4.69, 9.17) is 10.00 Å². The highest BCUT2D eigenvalue weighted by Gasteiger charge is 2.01. The van der Waals surface area contributed by atoms with Gasteiger partial charge >= 0.3 is 0 Å². The summed E-state index contributed by atoms with van der Waals surface area (Å²) in [5, 5.41) is 12.9. The molecule has 0 bridgehead atoms. The summed E-state index contributed by atoms with van der Waals surface area (Å²) in [6.45, 7) is 0.516. The Labute approximate surface area is 92.4 Å². The van der Waals surface area contributed by atoms with Crippen LogP contribution in [0.5, 0.6) is 5.75 Å². The van der Waals surface area contributed by atoms with Crippen LogP contribution in [0.3, 0.4) is 0 Å². The Morgan fingerprint density at radius 2 is 2.13 bits per heavy atom. The Hall–Kier alpha value is -1.79. The normalized spacial score (nSPS) is 9.53. The van der Waals surface area contributed by atoms with Crippen molar-refractivity contribution in [1.29, 1.82) is 5.26 Å². The van der Waals surface area contributed by atoms with E-state index in [2.05, 4.69) is 6.07 Å². The zero-order valence-corrected chi connectivity index (χ0v) is 8.83. The average Bonchev–Trinajstić information content (AvgIpc) is 2.79. The fourth-order valence-corrected chi connectivity index (χ4v) is 1.87. The molecule has 15 heavy (non-hydrogen) atoms. The van der Waals surface area contributed by atoms with Gasteiger partial charge in [0, 0.05) is 0 Å². The molecule has 2 nitrogen and oxygen atoms in total. The van der Waals surface area contributed by atoms with E-state index in [1.807, 2.05) is 35.0 Å². The Kier molecular flexibility index (Phi) is 3.01. The first-order valence-electron chi connectivity index (χ1n) is 4.53. The maximum atomic E-state index is 8.85. The van der Waals surface area contributed by atoms with Gasteiger partial charge in [0.05, 0.1) is 5.56 Å². The summed E-state index contributed by atoms with van der Waals surface area (Å²) >= 11 is 1.64. The van der Waals surface area contributed by atoms with E-state index in [0.717, 1.165) is 5.56 Å². The molecule has 0 aliphatic carbocycles. The highest BCUT2D eigenvalue weighted by atomic mass is 32.1. The van der Waals surface area contributed by atoms with Crippen molar-refractivity contribution in [2.45, 2.75) is 6.61 Å². The van der Waals surface area contributed by atoms with Crippen LogP contribution in [-0.4, -0.2) is 0 Å². The molecule has 1 aromatic heterocycles. The van der Waals surface area contributed by atoms with Gasteiger partial charge in [-0.2, -0.15) is 16.6 Å². The van der Waals surface area contributed by atoms with Crippen LogP contribution in [-0.2, 0) is 6.61 Å². The molecule has 0 aliphatic heterocycles. The van der Waals surface area contributed by atoms with Crippen molar-refractivity contribution in [3.63, 3.8) is 0 Å². The molecule has 0 spiro atoms. The molecule has 3 heteroatoms. The molecular formula is C12H9NOS. The summed E-state index contributed by atoms with van der Waals surface area (Å²) in [5.74, 6) is 0.645. The Morgan fingerprint density at radius 1 is 1.27 bits per heavy atom. The van der Waals surface area contributed by atoms with Crippen LogP contribution >= 0.6 is 11.3 Å². The largest absolute Gasteiger partial charge is 0.487 e. The average molecular weight is 215 g/mol. The van der Waals surface area contributed by atoms with Crippen molar-refractivity contribution in [3.8, 4) is 11.8 Å². The van der Waals surface area contributed by atoms with Crippen molar-refractivity contribution in [2.75, 3.05) is 0 Å². The Bertz CT molecular complexity index is 471. The van der Waals surface area contributed by atoms with Gasteiger partial charge in [0.25, 0.3) is 0 Å². The minimum Gasteiger partial charge on any atom is -0.487 e. The van der Waals surface area contributed by atoms with Crippen LogP contribution in [0.15, 0.2) is 41.1 Å². The minimum atomic E-state index is 0.516. The molecule has 0 aliphatic rings. The quantitative estimate of drug-likeness (QED) is 0.787. The summed E-state index contributed by atoms with van der Waals surface area (Å²) in [5.41, 5.74) is 1.71. The number of benzene rings is 1. The summed E-state index contributed by atoms with van der Waals surface area (Å²) < 4.78 is 5.56. The monoisotopic (exact) mass is 215 g/mol. The lowest BCUT2D eigenvalue weighted by Gasteiger charge is -2.05. The second kappa shape index (κ2) is 4.63. The predicted octanol–water partition coefficient (Wildman–Crippen LogP) is 3.20. The number of para-hydroxylation sites is 1. The second-order valence-corrected chi connectivity index (χ2v) is 3.81. The van der Waals surface area contributed by atoms with Crippen LogP contribution in [0.4, 0.5) is 0 Å². The first-order chi connectivity index (χ1) is 7.40. The molecule has 0 radical (unpaired) electrons. The fraction of sp³-hybridized carbons (Fsp3) is 0.0833. The minimum absolute atomic E-state index is 0.516. The van der Waals surface area contributed by atoms with E-state index >= 15 is 0 Å². The smallest absolute Gasteiger partial charge is 0.137 e. The van der Waals surface area contributed by atoms with E-state index in [0.29, 0.717) is 17.9 Å². The number of rotatable bonds is 3. The van der Waals surface area contributed by atoms with Gasteiger partial charge in [0.2, 0.25) is 0 Å². The first kappa shape index (κ1) is 9.75. The number of hydrogen-bond acceptors (Lipinski definition) is 3. The molecule has 0 amide bonds. The number of nitriles is 1. The molecule has 2 rings (SSSR count). The summed E-state index contributed by atoms with van der Waals surface area (Å²) in [4.78, 5) is 0. The van der Waals surface area contributed by atoms with Crippen molar-refractivity contribution in [1.82, 2.24) is 0 Å². The van der Waals surface area contributed by atoms with E-state index < -0.39 is 0 Å². The van der Waals surface area contributed by atoms with Crippen molar-refractivity contribution >= 4 is 11.3 Å². The molecule has 0 saturated heterocycles. The van der Waals surface area contributed by atoms with Gasteiger partial charge in [-0.3, -0.25) is 0 Å². The molecular weight excluding hydrogens is 206 g/mol. The van der Waals surface area contributed by atoms with Gasteiger partial charge in [-0.25, -0.2) is 0 Å². The van der Waals surface area contributed by atoms with Crippen LogP contribution in [0.25, 0.3) is 0 Å². The van der Waals surface area contributed by atoms with E-state index in [-0.39, 0.29) is 0 Å². The van der Waals surface area contributed by atoms with Gasteiger partial charge in [-0.1, -0.05) is 12.1 Å². The zero-order valence-electron chi connectivity index (χ0n) is 8.01. The maximum Gasteiger partial charge on any atom is 0.137 e. The molecule has 0 atom stereocenters. The van der Waals surface area contributed by atoms with Gasteiger partial charge in [0.15, 0.2) is 0 Å². The van der Waals surface area contributed by atoms with E-state index in [1.165, 1.54) is 0 Å². The van der Waals surface area contributed by atoms with Crippen molar-refractivity contribution < 1.29 is 4.74 Å². The molecule has 2 aromatic rings. The van der Waals surface area contributed by atoms with Gasteiger partial charge in [0.1, 0.15) is 18.4 Å². The Morgan fingerprint density at radius 3 is 2.87 bits per heavy atom. The highest BCUT2D eigenvalue weighted by Crippen LogP contribution is 2.18. The lowest BCUT2D eigenvalue weighted by atomic mass is 10.2. The van der Waals surface area contributed by atoms with E-state index in [9.17, 15) is 0 Å². The molecule has 74 valence electrons. The maximum absolute atomic E-state index is 8.85. The molecule has 0 unspecified atom stereocenters. The number of thiophene rings is 1. The van der Waals surface area contributed by atoms with Crippen LogP contribution in [0.1, 0.15) is 11.1 Å². The van der Waals surface area contributed by atoms with Gasteiger partial charge in [-0.05, 0) is 34.5 Å². The summed E-state index contributed by atoms with van der Waals surface area (Å²) in [7, 11) is 0. The van der Waals surface area contributed by atoms with Crippen molar-refractivity contribution in [3.05, 3.63) is 52.2 Å². The van der Waals surface area contributed by atoms with Crippen LogP contribution in [0.2, 0.25) is 0 Å². The summed E-state index contributed by atoms with van der Waals surface area (Å²) in [6.07, 6.45) is 0. The fourth-order valence-electron chi connectivity index (χ4n) is 1.22. The topological polar surface area (TPSA) is 33.0 Å². The predicted molar refractivity (Wildman–Crippen MR) is 59.8 cm³/mol. The van der Waals surface area contributed by atoms with Crippen LogP contribution in [0, 0.1) is 11.3 Å². The summed E-state index contributed by atoms with van der Waals surface area (Å²) in [6, 6.07) is 11.4. The van der Waals surface area contributed by atoms with Crippen LogP contribution < -0.4 is 4.74 Å². The second-order valence-electron chi connectivity index (χ2n) is 3.03. The molecule has 0 saturated carbocycles. The molecule has 1 aromatic carbocycles. The number of nitrogens with zero attached hydrogens (tertiary/aromatic N) is 1. The lowest BCUT2D eigenvalue weighted by Crippen LogP contribution is -1.95. The standard InChI is InChI=1S/C12H9NOS/c13-7-11-3-1-2-4-12(11)14-8-10-5-6-15-9-10/h1-6,9H,8H2. The van der Waals surface area contributed by atoms with E-state index in [1.54, 1.807) is 17.4 Å². The van der Waals surface area contributed by atoms with Gasteiger partial charge in [-0.15, -0.1) is 0 Å². The number of ether oxygens (including phenoxy) is 1. The zero-order chi connectivity index (χ0) is 10.5. The number of hydrogen-bond donors (Lipinski definition) is 0. The SMILES string of the molecule is N#Cc1ccccc1OCc1ccsc1. The third-order valence-electron chi connectivity index (χ3n) is 1.98. The van der Waals surface area contributed by atoms with Gasteiger partial charge < -0.3 is 4.74 Å². The highest BCUT2D eigenvalue weighted by molar-refractivity contribution is 7.07. The first-order valence-corrected chi connectivity index (χ1v) is 5.47. The lowest BCUT2D eigenvalue weighted by molar-refractivity contribution is 0.306.